The van der Waals surface area contributed by atoms with E-state index >= 15 is 0 Å². The van der Waals surface area contributed by atoms with Gasteiger partial charge in [-0.15, -0.1) is 11.6 Å². The van der Waals surface area contributed by atoms with Crippen molar-refractivity contribution in [1.29, 1.82) is 0 Å². The fraction of sp³-hybridized carbons (Fsp3) is 0.222. The molecule has 0 fully saturated rings. The molecule has 0 aromatic heterocycles. The molecule has 0 radical (unpaired) electrons. The minimum Gasteiger partial charge on any atom is -0.497 e. The van der Waals surface area contributed by atoms with Crippen LogP contribution in [0.1, 0.15) is 11.1 Å². The van der Waals surface area contributed by atoms with Crippen molar-refractivity contribution in [2.24, 2.45) is 0 Å². The molecule has 0 bridgehead atoms. The second kappa shape index (κ2) is 8.33. The molecule has 4 heteroatoms. The smallest absolute Gasteiger partial charge is 0.119 e. The van der Waals surface area contributed by atoms with E-state index in [4.69, 9.17) is 21.1 Å². The lowest BCUT2D eigenvalue weighted by Crippen LogP contribution is -2.18. The van der Waals surface area contributed by atoms with Crippen molar-refractivity contribution >= 4 is 11.6 Å². The molecule has 2 rings (SSSR count). The van der Waals surface area contributed by atoms with Gasteiger partial charge in [0.15, 0.2) is 0 Å². The van der Waals surface area contributed by atoms with Gasteiger partial charge in [0.1, 0.15) is 24.2 Å². The number of hydrogen-bond donors (Lipinski definition) is 1. The number of benzene rings is 2. The molecule has 0 saturated heterocycles. The number of alkyl halides is 1. The summed E-state index contributed by atoms with van der Waals surface area (Å²) in [6, 6.07) is 15.0. The Labute approximate surface area is 135 Å². The van der Waals surface area contributed by atoms with Crippen LogP contribution in [-0.4, -0.2) is 30.8 Å². The van der Waals surface area contributed by atoms with E-state index in [-0.39, 0.29) is 12.5 Å². The summed E-state index contributed by atoms with van der Waals surface area (Å²) in [4.78, 5) is 0. The van der Waals surface area contributed by atoms with Crippen LogP contribution >= 0.6 is 11.6 Å². The number of aliphatic hydroxyl groups is 1. The molecule has 0 heterocycles. The van der Waals surface area contributed by atoms with Gasteiger partial charge in [0.2, 0.25) is 0 Å². The Kier molecular flexibility index (Phi) is 6.14. The van der Waals surface area contributed by atoms with Gasteiger partial charge in [0.25, 0.3) is 0 Å². The van der Waals surface area contributed by atoms with E-state index in [0.717, 1.165) is 16.9 Å². The average molecular weight is 317 g/mol. The Balaban J connectivity index is 1.97. The summed E-state index contributed by atoms with van der Waals surface area (Å²) in [6.07, 6.45) is -0.656. The van der Waals surface area contributed by atoms with E-state index in [1.54, 1.807) is 7.11 Å². The van der Waals surface area contributed by atoms with Crippen LogP contribution in [-0.2, 0) is 0 Å². The van der Waals surface area contributed by atoms with E-state index in [1.807, 2.05) is 48.5 Å². The zero-order chi connectivity index (χ0) is 15.8. The maximum absolute atomic E-state index is 9.33. The minimum absolute atomic E-state index is 0.158. The van der Waals surface area contributed by atoms with Crippen molar-refractivity contribution < 1.29 is 14.6 Å². The van der Waals surface area contributed by atoms with Crippen LogP contribution in [0.25, 0.3) is 0 Å². The first kappa shape index (κ1) is 16.2. The van der Waals surface area contributed by atoms with Crippen LogP contribution in [0.3, 0.4) is 0 Å². The maximum atomic E-state index is 9.33. The lowest BCUT2D eigenvalue weighted by atomic mass is 10.2. The fourth-order valence-corrected chi connectivity index (χ4v) is 1.78. The molecule has 0 unspecified atom stereocenters. The van der Waals surface area contributed by atoms with Gasteiger partial charge >= 0.3 is 0 Å². The fourth-order valence-electron chi connectivity index (χ4n) is 1.69. The van der Waals surface area contributed by atoms with Crippen molar-refractivity contribution in [2.45, 2.75) is 6.10 Å². The lowest BCUT2D eigenvalue weighted by molar-refractivity contribution is 0.125. The molecule has 3 nitrogen and oxygen atoms in total. The summed E-state index contributed by atoms with van der Waals surface area (Å²) in [5.41, 5.74) is 1.81. The number of hydrogen-bond acceptors (Lipinski definition) is 3. The molecule has 22 heavy (non-hydrogen) atoms. The molecule has 2 aromatic rings. The summed E-state index contributed by atoms with van der Waals surface area (Å²) in [7, 11) is 1.64. The molecule has 0 saturated carbocycles. The zero-order valence-electron chi connectivity index (χ0n) is 12.3. The number of rotatable bonds is 5. The van der Waals surface area contributed by atoms with E-state index in [2.05, 4.69) is 11.8 Å². The highest BCUT2D eigenvalue weighted by Crippen LogP contribution is 2.13. The Bertz CT molecular complexity index is 639. The average Bonchev–Trinajstić information content (AvgIpc) is 2.59. The molecule has 0 aliphatic carbocycles. The molecule has 1 atom stereocenters. The molecule has 1 N–H and O–H groups in total. The maximum Gasteiger partial charge on any atom is 0.119 e. The topological polar surface area (TPSA) is 38.7 Å². The van der Waals surface area contributed by atoms with Gasteiger partial charge in [0.05, 0.1) is 13.0 Å². The molecule has 0 amide bonds. The van der Waals surface area contributed by atoms with Crippen LogP contribution in [0.5, 0.6) is 11.5 Å². The highest BCUT2D eigenvalue weighted by Gasteiger charge is 2.02. The zero-order valence-corrected chi connectivity index (χ0v) is 13.0. The van der Waals surface area contributed by atoms with Crippen LogP contribution in [0.4, 0.5) is 0 Å². The summed E-state index contributed by atoms with van der Waals surface area (Å²) in [5, 5.41) is 9.33. The number of ether oxygens (including phenoxy) is 2. The minimum atomic E-state index is -0.656. The summed E-state index contributed by atoms with van der Waals surface area (Å²) >= 11 is 5.51. The quantitative estimate of drug-likeness (QED) is 0.680. The van der Waals surface area contributed by atoms with E-state index in [1.165, 1.54) is 0 Å². The normalized spacial score (nSPS) is 11.2. The highest BCUT2D eigenvalue weighted by atomic mass is 35.5. The standard InChI is InChI=1S/C18H17ClO3/c1-21-17-8-4-14(5-9-17)2-3-15-6-10-18(11-7-15)22-13-16(20)12-19/h4-11,16,20H,12-13H2,1H3/t16-/m1/s1. The van der Waals surface area contributed by atoms with Crippen molar-refractivity contribution in [3.05, 3.63) is 59.7 Å². The SMILES string of the molecule is COc1ccc(C#Cc2ccc(OC[C@H](O)CCl)cc2)cc1. The largest absolute Gasteiger partial charge is 0.497 e. The third-order valence-corrected chi connectivity index (χ3v) is 3.27. The molecule has 0 aliphatic heterocycles. The first-order chi connectivity index (χ1) is 10.7. The second-order valence-corrected chi connectivity index (χ2v) is 4.93. The van der Waals surface area contributed by atoms with Crippen LogP contribution in [0.15, 0.2) is 48.5 Å². The number of methoxy groups -OCH3 is 1. The van der Waals surface area contributed by atoms with Gasteiger partial charge in [-0.1, -0.05) is 11.8 Å². The van der Waals surface area contributed by atoms with Crippen LogP contribution in [0, 0.1) is 11.8 Å². The van der Waals surface area contributed by atoms with Gasteiger partial charge in [-0.2, -0.15) is 0 Å². The third kappa shape index (κ3) is 5.00. The van der Waals surface area contributed by atoms with Gasteiger partial charge in [0, 0.05) is 11.1 Å². The van der Waals surface area contributed by atoms with Crippen LogP contribution in [0.2, 0.25) is 0 Å². The number of aliphatic hydroxyl groups excluding tert-OH is 1. The molecule has 2 aromatic carbocycles. The molecular weight excluding hydrogens is 300 g/mol. The van der Waals surface area contributed by atoms with E-state index in [9.17, 15) is 5.11 Å². The predicted octanol–water partition coefficient (Wildman–Crippen LogP) is 3.07. The van der Waals surface area contributed by atoms with Crippen molar-refractivity contribution in [3.63, 3.8) is 0 Å². The first-order valence-corrected chi connectivity index (χ1v) is 7.37. The summed E-state index contributed by atoms with van der Waals surface area (Å²) < 4.78 is 10.5. The van der Waals surface area contributed by atoms with Crippen molar-refractivity contribution in [3.8, 4) is 23.3 Å². The number of halogens is 1. The van der Waals surface area contributed by atoms with Crippen molar-refractivity contribution in [2.75, 3.05) is 19.6 Å². The van der Waals surface area contributed by atoms with Crippen molar-refractivity contribution in [1.82, 2.24) is 0 Å². The van der Waals surface area contributed by atoms with E-state index in [0.29, 0.717) is 5.75 Å². The summed E-state index contributed by atoms with van der Waals surface area (Å²) in [6.45, 7) is 0.181. The molecular formula is C18H17ClO3. The monoisotopic (exact) mass is 316 g/mol. The molecule has 114 valence electrons. The third-order valence-electron chi connectivity index (χ3n) is 2.92. The van der Waals surface area contributed by atoms with Gasteiger partial charge in [-0.05, 0) is 48.5 Å². The lowest BCUT2D eigenvalue weighted by Gasteiger charge is -2.09. The van der Waals surface area contributed by atoms with Gasteiger partial charge < -0.3 is 14.6 Å². The van der Waals surface area contributed by atoms with Gasteiger partial charge in [-0.3, -0.25) is 0 Å². The Hall–Kier alpha value is -2.15. The molecule has 0 aliphatic rings. The predicted molar refractivity (Wildman–Crippen MR) is 87.6 cm³/mol. The summed E-state index contributed by atoms with van der Waals surface area (Å²) in [5.74, 6) is 7.82. The van der Waals surface area contributed by atoms with E-state index < -0.39 is 6.10 Å². The molecule has 0 spiro atoms. The second-order valence-electron chi connectivity index (χ2n) is 4.62. The Morgan fingerprint density at radius 3 is 1.91 bits per heavy atom. The Morgan fingerprint density at radius 2 is 1.45 bits per heavy atom. The van der Waals surface area contributed by atoms with Crippen LogP contribution < -0.4 is 9.47 Å². The Morgan fingerprint density at radius 1 is 0.955 bits per heavy atom. The highest BCUT2D eigenvalue weighted by molar-refractivity contribution is 6.18. The van der Waals surface area contributed by atoms with Gasteiger partial charge in [-0.25, -0.2) is 0 Å². The first-order valence-electron chi connectivity index (χ1n) is 6.84.